The number of morpholine rings is 1. The molecule has 0 atom stereocenters. The van der Waals surface area contributed by atoms with Gasteiger partial charge in [-0.2, -0.15) is 0 Å². The molecule has 1 N–H and O–H groups in total. The number of hydrogen-bond acceptors (Lipinski definition) is 6. The number of carbonyl (C=O) groups is 2. The summed E-state index contributed by atoms with van der Waals surface area (Å²) >= 11 is 0. The Kier molecular flexibility index (Phi) is 6.03. The van der Waals surface area contributed by atoms with Gasteiger partial charge < -0.3 is 19.9 Å². The quantitative estimate of drug-likeness (QED) is 0.793. The van der Waals surface area contributed by atoms with E-state index in [1.165, 1.54) is 4.90 Å². The van der Waals surface area contributed by atoms with Crippen molar-refractivity contribution in [3.8, 4) is 11.4 Å². The fourth-order valence-corrected chi connectivity index (χ4v) is 3.40. The molecule has 1 saturated heterocycles. The van der Waals surface area contributed by atoms with Crippen LogP contribution in [0.2, 0.25) is 0 Å². The molecular weight excluding hydrogens is 396 g/mol. The second kappa shape index (κ2) is 8.89. The molecule has 9 heteroatoms. The molecule has 4 rings (SSSR count). The molecule has 31 heavy (non-hydrogen) atoms. The third-order valence-electron chi connectivity index (χ3n) is 5.43. The minimum Gasteiger partial charge on any atom is -0.378 e. The smallest absolute Gasteiger partial charge is 0.323 e. The third kappa shape index (κ3) is 4.93. The standard InChI is InChI=1S/C22H28N6O3/c1-26(2)22(30)27(3)17-8-6-15(7-9-17)20-23-18(24-21(29)16-4-5-16)14-19(25-20)28-10-12-31-13-11-28/h6-9,14,16H,4-5,10-13H2,1-3H3,(H,23,24,25,29). The highest BCUT2D eigenvalue weighted by atomic mass is 16.5. The van der Waals surface area contributed by atoms with Gasteiger partial charge in [-0.3, -0.25) is 9.69 Å². The maximum atomic E-state index is 12.3. The van der Waals surface area contributed by atoms with Crippen LogP contribution in [0.5, 0.6) is 0 Å². The number of rotatable bonds is 5. The highest BCUT2D eigenvalue weighted by Gasteiger charge is 2.30. The molecule has 9 nitrogen and oxygen atoms in total. The molecule has 1 aromatic carbocycles. The summed E-state index contributed by atoms with van der Waals surface area (Å²) in [7, 11) is 5.17. The lowest BCUT2D eigenvalue weighted by molar-refractivity contribution is -0.117. The Bertz CT molecular complexity index is 952. The predicted octanol–water partition coefficient (Wildman–Crippen LogP) is 2.45. The van der Waals surface area contributed by atoms with E-state index in [4.69, 9.17) is 9.72 Å². The lowest BCUT2D eigenvalue weighted by Gasteiger charge is -2.28. The zero-order chi connectivity index (χ0) is 22.0. The van der Waals surface area contributed by atoms with Crippen molar-refractivity contribution in [2.45, 2.75) is 12.8 Å². The summed E-state index contributed by atoms with van der Waals surface area (Å²) in [5.41, 5.74) is 1.58. The van der Waals surface area contributed by atoms with E-state index in [1.807, 2.05) is 30.3 Å². The number of aromatic nitrogens is 2. The average molecular weight is 425 g/mol. The molecule has 1 aromatic heterocycles. The van der Waals surface area contributed by atoms with Gasteiger partial charge in [0.2, 0.25) is 5.91 Å². The van der Waals surface area contributed by atoms with Crippen molar-refractivity contribution < 1.29 is 14.3 Å². The van der Waals surface area contributed by atoms with Gasteiger partial charge in [0.15, 0.2) is 5.82 Å². The van der Waals surface area contributed by atoms with Gasteiger partial charge in [-0.15, -0.1) is 0 Å². The molecule has 2 aliphatic rings. The second-order valence-electron chi connectivity index (χ2n) is 8.08. The summed E-state index contributed by atoms with van der Waals surface area (Å²) in [5.74, 6) is 1.91. The Morgan fingerprint density at radius 3 is 2.35 bits per heavy atom. The van der Waals surface area contributed by atoms with E-state index < -0.39 is 0 Å². The molecule has 2 aromatic rings. The Balaban J connectivity index is 1.62. The number of anilines is 3. The molecule has 0 radical (unpaired) electrons. The number of amides is 3. The van der Waals surface area contributed by atoms with E-state index >= 15 is 0 Å². The van der Waals surface area contributed by atoms with Gasteiger partial charge in [0.25, 0.3) is 0 Å². The van der Waals surface area contributed by atoms with Gasteiger partial charge in [-0.1, -0.05) is 0 Å². The molecule has 3 amide bonds. The largest absolute Gasteiger partial charge is 0.378 e. The second-order valence-corrected chi connectivity index (χ2v) is 8.08. The Hall–Kier alpha value is -3.20. The molecule has 0 bridgehead atoms. The molecule has 0 unspecified atom stereocenters. The first-order valence-electron chi connectivity index (χ1n) is 10.5. The summed E-state index contributed by atoms with van der Waals surface area (Å²) in [4.78, 5) is 39.1. The average Bonchev–Trinajstić information content (AvgIpc) is 3.64. The molecule has 0 spiro atoms. The summed E-state index contributed by atoms with van der Waals surface area (Å²) in [6.07, 6.45) is 1.86. The fraction of sp³-hybridized carbons (Fsp3) is 0.455. The van der Waals surface area contributed by atoms with Crippen LogP contribution >= 0.6 is 0 Å². The molecule has 2 fully saturated rings. The van der Waals surface area contributed by atoms with Crippen LogP contribution in [-0.4, -0.2) is 74.3 Å². The molecule has 1 saturated carbocycles. The van der Waals surface area contributed by atoms with Crippen LogP contribution in [0, 0.1) is 5.92 Å². The van der Waals surface area contributed by atoms with Crippen molar-refractivity contribution in [3.05, 3.63) is 30.3 Å². The van der Waals surface area contributed by atoms with Crippen LogP contribution in [0.25, 0.3) is 11.4 Å². The van der Waals surface area contributed by atoms with E-state index in [-0.39, 0.29) is 17.9 Å². The normalized spacial score (nSPS) is 16.0. The Morgan fingerprint density at radius 1 is 1.06 bits per heavy atom. The monoisotopic (exact) mass is 424 g/mol. The number of carbonyl (C=O) groups excluding carboxylic acids is 2. The van der Waals surface area contributed by atoms with Gasteiger partial charge in [0.1, 0.15) is 11.6 Å². The minimum absolute atomic E-state index is 0.0109. The van der Waals surface area contributed by atoms with Crippen LogP contribution in [0.4, 0.5) is 22.1 Å². The van der Waals surface area contributed by atoms with E-state index in [0.29, 0.717) is 24.9 Å². The van der Waals surface area contributed by atoms with Crippen LogP contribution in [0.15, 0.2) is 30.3 Å². The number of nitrogens with zero attached hydrogens (tertiary/aromatic N) is 5. The highest BCUT2D eigenvalue weighted by Crippen LogP contribution is 2.31. The predicted molar refractivity (Wildman–Crippen MR) is 119 cm³/mol. The number of nitrogens with one attached hydrogen (secondary N) is 1. The molecule has 164 valence electrons. The highest BCUT2D eigenvalue weighted by molar-refractivity contribution is 5.94. The van der Waals surface area contributed by atoms with E-state index in [2.05, 4.69) is 15.2 Å². The topological polar surface area (TPSA) is 90.9 Å². The first kappa shape index (κ1) is 21.0. The van der Waals surface area contributed by atoms with Crippen molar-refractivity contribution in [3.63, 3.8) is 0 Å². The Morgan fingerprint density at radius 2 is 1.74 bits per heavy atom. The zero-order valence-electron chi connectivity index (χ0n) is 18.2. The molecule has 1 aliphatic carbocycles. The summed E-state index contributed by atoms with van der Waals surface area (Å²) < 4.78 is 5.45. The van der Waals surface area contributed by atoms with Gasteiger partial charge in [-0.05, 0) is 37.1 Å². The summed E-state index contributed by atoms with van der Waals surface area (Å²) in [6.45, 7) is 2.76. The van der Waals surface area contributed by atoms with Gasteiger partial charge >= 0.3 is 6.03 Å². The van der Waals surface area contributed by atoms with E-state index in [9.17, 15) is 9.59 Å². The lowest BCUT2D eigenvalue weighted by Crippen LogP contribution is -2.37. The SMILES string of the molecule is CN(C)C(=O)N(C)c1ccc(-c2nc(NC(=O)C3CC3)cc(N3CCOCC3)n2)cc1. The minimum atomic E-state index is -0.108. The van der Waals surface area contributed by atoms with Crippen LogP contribution < -0.4 is 15.1 Å². The maximum Gasteiger partial charge on any atom is 0.323 e. The van der Waals surface area contributed by atoms with E-state index in [1.54, 1.807) is 26.0 Å². The van der Waals surface area contributed by atoms with Gasteiger partial charge in [0, 0.05) is 57.5 Å². The van der Waals surface area contributed by atoms with Crippen LogP contribution in [0.1, 0.15) is 12.8 Å². The fourth-order valence-electron chi connectivity index (χ4n) is 3.40. The lowest BCUT2D eigenvalue weighted by atomic mass is 10.2. The number of ether oxygens (including phenoxy) is 1. The Labute approximate surface area is 182 Å². The van der Waals surface area contributed by atoms with Crippen molar-refractivity contribution in [1.82, 2.24) is 14.9 Å². The van der Waals surface area contributed by atoms with Crippen LogP contribution in [0.3, 0.4) is 0 Å². The third-order valence-corrected chi connectivity index (χ3v) is 5.43. The van der Waals surface area contributed by atoms with Crippen LogP contribution in [-0.2, 0) is 9.53 Å². The first-order chi connectivity index (χ1) is 14.9. The van der Waals surface area contributed by atoms with Gasteiger partial charge in [0.05, 0.1) is 13.2 Å². The summed E-state index contributed by atoms with van der Waals surface area (Å²) in [6, 6.07) is 9.23. The summed E-state index contributed by atoms with van der Waals surface area (Å²) in [5, 5.41) is 2.94. The molecule has 2 heterocycles. The van der Waals surface area contributed by atoms with E-state index in [0.717, 1.165) is 43.0 Å². The number of urea groups is 1. The first-order valence-corrected chi connectivity index (χ1v) is 10.5. The maximum absolute atomic E-state index is 12.3. The van der Waals surface area contributed by atoms with Crippen molar-refractivity contribution in [1.29, 1.82) is 0 Å². The van der Waals surface area contributed by atoms with Crippen molar-refractivity contribution in [2.24, 2.45) is 5.92 Å². The van der Waals surface area contributed by atoms with Crippen molar-refractivity contribution in [2.75, 3.05) is 62.6 Å². The molecular formula is C22H28N6O3. The number of benzene rings is 1. The zero-order valence-corrected chi connectivity index (χ0v) is 18.2. The number of hydrogen-bond donors (Lipinski definition) is 1. The van der Waals surface area contributed by atoms with Crippen molar-refractivity contribution >= 4 is 29.3 Å². The molecule has 1 aliphatic heterocycles. The van der Waals surface area contributed by atoms with Gasteiger partial charge in [-0.25, -0.2) is 14.8 Å².